The Bertz CT molecular complexity index is 758. The molecule has 0 bridgehead atoms. The van der Waals surface area contributed by atoms with Crippen LogP contribution in [0.2, 0.25) is 0 Å². The molecule has 2 amide bonds. The van der Waals surface area contributed by atoms with Crippen LogP contribution in [0.25, 0.3) is 0 Å². The van der Waals surface area contributed by atoms with Gasteiger partial charge in [0.1, 0.15) is 34.6 Å². The summed E-state index contributed by atoms with van der Waals surface area (Å²) in [5.41, 5.74) is 0.709. The van der Waals surface area contributed by atoms with Gasteiger partial charge in [0.15, 0.2) is 0 Å². The molecule has 1 saturated heterocycles. The third-order valence-corrected chi connectivity index (χ3v) is 7.39. The number of piperidine rings is 1. The van der Waals surface area contributed by atoms with Crippen LogP contribution >= 0.6 is 23.0 Å². The number of benzene rings is 1. The summed E-state index contributed by atoms with van der Waals surface area (Å²) in [6.07, 6.45) is 5.23. The molecule has 1 heterocycles. The van der Waals surface area contributed by atoms with Crippen LogP contribution in [0.5, 0.6) is 0 Å². The van der Waals surface area contributed by atoms with Crippen molar-refractivity contribution < 1.29 is 21.5 Å². The van der Waals surface area contributed by atoms with Crippen LogP contribution in [0.1, 0.15) is 70.3 Å². The van der Waals surface area contributed by atoms with E-state index in [9.17, 15) is 18.4 Å². The summed E-state index contributed by atoms with van der Waals surface area (Å²) < 4.78 is 32.6. The van der Waals surface area contributed by atoms with Crippen LogP contribution < -0.4 is 0 Å². The number of hydrogen-bond acceptors (Lipinski definition) is 3. The van der Waals surface area contributed by atoms with Crippen molar-refractivity contribution >= 4 is 34.8 Å². The molecule has 172 valence electrons. The normalized spacial score (nSPS) is 23.5. The summed E-state index contributed by atoms with van der Waals surface area (Å²) in [4.78, 5) is 27.0. The molecule has 2 aliphatic rings. The van der Waals surface area contributed by atoms with Gasteiger partial charge in [-0.1, -0.05) is 13.8 Å². The maximum atomic E-state index is 13.6. The number of amides is 2. The van der Waals surface area contributed by atoms with Gasteiger partial charge in [0.2, 0.25) is 11.8 Å². The molecule has 1 unspecified atom stereocenters. The first kappa shape index (κ1) is 24.4. The average Bonchev–Trinajstić information content (AvgIpc) is 2.78. The van der Waals surface area contributed by atoms with Crippen LogP contribution in [0.4, 0.5) is 8.78 Å². The van der Waals surface area contributed by atoms with Gasteiger partial charge in [-0.15, -0.1) is 0 Å². The fraction of sp³-hybridized carbons (Fsp3) is 0.652. The van der Waals surface area contributed by atoms with Crippen molar-refractivity contribution in [2.24, 2.45) is 11.8 Å². The molecule has 0 aromatic heterocycles. The van der Waals surface area contributed by atoms with Gasteiger partial charge in [-0.25, -0.2) is 17.0 Å². The molecule has 1 aromatic rings. The molecule has 1 saturated carbocycles. The van der Waals surface area contributed by atoms with E-state index < -0.39 is 11.6 Å². The highest BCUT2D eigenvalue weighted by atomic mass is 127. The summed E-state index contributed by atoms with van der Waals surface area (Å²) in [5.74, 6) is -0.788. The Balaban J connectivity index is 1.55. The van der Waals surface area contributed by atoms with E-state index in [0.717, 1.165) is 31.7 Å². The lowest BCUT2D eigenvalue weighted by atomic mass is 9.74. The molecule has 1 atom stereocenters. The SMILES string of the molecule is CCC(=O)N1CCC(N(OI)C(=O)C(C)C2CCC(c3cc(F)cc(F)c3)CC2)CC1. The Labute approximate surface area is 197 Å². The molecule has 8 heteroatoms. The molecule has 2 fully saturated rings. The highest BCUT2D eigenvalue weighted by Gasteiger charge is 2.36. The van der Waals surface area contributed by atoms with Crippen LogP contribution in [-0.4, -0.2) is 40.9 Å². The number of hydrogen-bond donors (Lipinski definition) is 0. The van der Waals surface area contributed by atoms with Gasteiger partial charge in [0.25, 0.3) is 0 Å². The number of halogens is 3. The van der Waals surface area contributed by atoms with E-state index in [2.05, 4.69) is 0 Å². The van der Waals surface area contributed by atoms with Crippen molar-refractivity contribution in [2.75, 3.05) is 13.1 Å². The molecule has 0 spiro atoms. The zero-order valence-corrected chi connectivity index (χ0v) is 20.3. The number of carbonyl (C=O) groups excluding carboxylic acids is 2. The summed E-state index contributed by atoms with van der Waals surface area (Å²) in [5, 5.41) is 1.51. The van der Waals surface area contributed by atoms with Crippen LogP contribution in [-0.2, 0) is 12.8 Å². The molecule has 0 radical (unpaired) electrons. The largest absolute Gasteiger partial charge is 0.343 e. The maximum Gasteiger partial charge on any atom is 0.250 e. The van der Waals surface area contributed by atoms with E-state index in [4.69, 9.17) is 3.17 Å². The van der Waals surface area contributed by atoms with Crippen molar-refractivity contribution in [1.29, 1.82) is 0 Å². The lowest BCUT2D eigenvalue weighted by molar-refractivity contribution is -0.167. The minimum absolute atomic E-state index is 0.0186. The van der Waals surface area contributed by atoms with Crippen molar-refractivity contribution in [3.05, 3.63) is 35.4 Å². The monoisotopic (exact) mass is 548 g/mol. The Morgan fingerprint density at radius 3 is 2.19 bits per heavy atom. The zero-order chi connectivity index (χ0) is 22.5. The second-order valence-corrected chi connectivity index (χ2v) is 9.20. The van der Waals surface area contributed by atoms with Crippen molar-refractivity contribution in [3.8, 4) is 0 Å². The number of hydroxylamine groups is 2. The predicted molar refractivity (Wildman–Crippen MR) is 122 cm³/mol. The first-order valence-electron chi connectivity index (χ1n) is 11.2. The topological polar surface area (TPSA) is 49.9 Å². The van der Waals surface area contributed by atoms with Gasteiger partial charge in [0.05, 0.1) is 6.04 Å². The number of rotatable bonds is 6. The third-order valence-electron chi connectivity index (χ3n) is 6.97. The van der Waals surface area contributed by atoms with E-state index in [1.807, 2.05) is 18.7 Å². The molecule has 0 N–H and O–H groups in total. The van der Waals surface area contributed by atoms with Crippen molar-refractivity contribution in [3.63, 3.8) is 0 Å². The molecule has 5 nitrogen and oxygen atoms in total. The fourth-order valence-corrected chi connectivity index (χ4v) is 5.53. The van der Waals surface area contributed by atoms with E-state index in [1.165, 1.54) is 17.2 Å². The van der Waals surface area contributed by atoms with Gasteiger partial charge in [0, 0.05) is 31.5 Å². The maximum absolute atomic E-state index is 13.6. The van der Waals surface area contributed by atoms with Gasteiger partial charge in [-0.2, -0.15) is 0 Å². The van der Waals surface area contributed by atoms with Crippen molar-refractivity contribution in [2.45, 2.75) is 70.8 Å². The summed E-state index contributed by atoms with van der Waals surface area (Å²) in [6, 6.07) is 3.71. The first-order valence-corrected chi connectivity index (χ1v) is 12.1. The van der Waals surface area contributed by atoms with Crippen LogP contribution in [0.15, 0.2) is 18.2 Å². The van der Waals surface area contributed by atoms with Gasteiger partial charge < -0.3 is 4.90 Å². The molecule has 3 rings (SSSR count). The van der Waals surface area contributed by atoms with Crippen LogP contribution in [0.3, 0.4) is 0 Å². The summed E-state index contributed by atoms with van der Waals surface area (Å²) in [6.45, 7) is 5.10. The Morgan fingerprint density at radius 2 is 1.68 bits per heavy atom. The number of carbonyl (C=O) groups is 2. The standard InChI is InChI=1S/C23H31F2IN2O3/c1-3-22(29)27-10-8-21(9-11-27)28(31-26)23(30)15(2)16-4-6-17(7-5-16)18-12-19(24)14-20(25)13-18/h12-17,21H,3-11H2,1-2H3. The molecule has 1 aliphatic carbocycles. The lowest BCUT2D eigenvalue weighted by Crippen LogP contribution is -2.49. The Kier molecular flexibility index (Phi) is 8.66. The minimum atomic E-state index is -0.540. The lowest BCUT2D eigenvalue weighted by Gasteiger charge is -2.39. The zero-order valence-electron chi connectivity index (χ0n) is 18.2. The molecular weight excluding hydrogens is 517 g/mol. The Hall–Kier alpha value is -1.29. The first-order chi connectivity index (χ1) is 14.8. The second kappa shape index (κ2) is 11.0. The number of nitrogens with zero attached hydrogens (tertiary/aromatic N) is 2. The van der Waals surface area contributed by atoms with Crippen molar-refractivity contribution in [1.82, 2.24) is 9.96 Å². The van der Waals surface area contributed by atoms with Gasteiger partial charge >= 0.3 is 0 Å². The van der Waals surface area contributed by atoms with E-state index in [0.29, 0.717) is 37.9 Å². The highest BCUT2D eigenvalue weighted by molar-refractivity contribution is 14.1. The highest BCUT2D eigenvalue weighted by Crippen LogP contribution is 2.40. The van der Waals surface area contributed by atoms with Gasteiger partial charge in [-0.05, 0) is 68.1 Å². The molecular formula is C23H31F2IN2O3. The quantitative estimate of drug-likeness (QED) is 0.354. The van der Waals surface area contributed by atoms with Gasteiger partial charge in [-0.3, -0.25) is 9.59 Å². The molecule has 1 aromatic carbocycles. The predicted octanol–water partition coefficient (Wildman–Crippen LogP) is 5.39. The molecule has 1 aliphatic heterocycles. The average molecular weight is 548 g/mol. The minimum Gasteiger partial charge on any atom is -0.343 e. The third kappa shape index (κ3) is 5.94. The fourth-order valence-electron chi connectivity index (χ4n) is 5.01. The van der Waals surface area contributed by atoms with E-state index in [1.54, 1.807) is 23.0 Å². The van der Waals surface area contributed by atoms with E-state index >= 15 is 0 Å². The van der Waals surface area contributed by atoms with E-state index in [-0.39, 0.29) is 35.6 Å². The van der Waals surface area contributed by atoms with Crippen LogP contribution in [0, 0.1) is 23.5 Å². The second-order valence-electron chi connectivity index (χ2n) is 8.80. The summed E-state index contributed by atoms with van der Waals surface area (Å²) in [7, 11) is 0. The Morgan fingerprint density at radius 1 is 1.10 bits per heavy atom. The smallest absolute Gasteiger partial charge is 0.250 e. The number of likely N-dealkylation sites (tertiary alicyclic amines) is 1. The summed E-state index contributed by atoms with van der Waals surface area (Å²) >= 11 is 1.77. The molecule has 31 heavy (non-hydrogen) atoms.